The fourth-order valence-corrected chi connectivity index (χ4v) is 5.17. The summed E-state index contributed by atoms with van der Waals surface area (Å²) in [4.78, 5) is 16.2. The first-order chi connectivity index (χ1) is 16.2. The molecule has 1 saturated heterocycles. The lowest BCUT2D eigenvalue weighted by atomic mass is 9.86. The molecule has 6 heteroatoms. The lowest BCUT2D eigenvalue weighted by molar-refractivity contribution is -0.125. The minimum Gasteiger partial charge on any atom is -0.489 e. The Hall–Kier alpha value is -2.41. The van der Waals surface area contributed by atoms with Crippen molar-refractivity contribution in [3.8, 4) is 5.75 Å². The van der Waals surface area contributed by atoms with Gasteiger partial charge in [0.2, 0.25) is 5.91 Å². The van der Waals surface area contributed by atoms with Crippen LogP contribution in [0, 0.1) is 0 Å². The molecule has 2 fully saturated rings. The topological polar surface area (TPSA) is 65.0 Å². The number of aliphatic hydroxyl groups is 1. The second-order valence-corrected chi connectivity index (χ2v) is 10.8. The van der Waals surface area contributed by atoms with Crippen molar-refractivity contribution in [3.05, 3.63) is 65.2 Å². The van der Waals surface area contributed by atoms with Crippen molar-refractivity contribution in [3.63, 3.8) is 0 Å². The third-order valence-corrected chi connectivity index (χ3v) is 7.24. The van der Waals surface area contributed by atoms with Gasteiger partial charge in [-0.1, -0.05) is 63.2 Å². The van der Waals surface area contributed by atoms with Crippen LogP contribution in [0.25, 0.3) is 0 Å². The number of nitrogens with one attached hydrogen (secondary N) is 1. The molecule has 0 unspecified atom stereocenters. The van der Waals surface area contributed by atoms with E-state index in [1.807, 2.05) is 18.2 Å². The molecule has 0 radical (unpaired) electrons. The van der Waals surface area contributed by atoms with Crippen LogP contribution in [0.2, 0.25) is 0 Å². The molecule has 34 heavy (non-hydrogen) atoms. The van der Waals surface area contributed by atoms with Gasteiger partial charge in [0.1, 0.15) is 12.4 Å². The van der Waals surface area contributed by atoms with Gasteiger partial charge in [-0.05, 0) is 42.5 Å². The van der Waals surface area contributed by atoms with E-state index in [-0.39, 0.29) is 23.4 Å². The summed E-state index contributed by atoms with van der Waals surface area (Å²) < 4.78 is 6.34. The second-order valence-electron chi connectivity index (χ2n) is 10.8. The molecule has 2 aromatic carbocycles. The Balaban J connectivity index is 1.47. The van der Waals surface area contributed by atoms with Gasteiger partial charge in [-0.2, -0.15) is 0 Å². The van der Waals surface area contributed by atoms with Gasteiger partial charge in [-0.25, -0.2) is 0 Å². The first kappa shape index (κ1) is 24.7. The van der Waals surface area contributed by atoms with Gasteiger partial charge in [-0.15, -0.1) is 0 Å². The maximum absolute atomic E-state index is 11.8. The van der Waals surface area contributed by atoms with Gasteiger partial charge < -0.3 is 15.2 Å². The summed E-state index contributed by atoms with van der Waals surface area (Å²) in [6, 6.07) is 16.9. The molecule has 4 rings (SSSR count). The van der Waals surface area contributed by atoms with E-state index in [1.165, 1.54) is 5.56 Å². The van der Waals surface area contributed by atoms with Crippen molar-refractivity contribution < 1.29 is 14.6 Å². The molecule has 1 aliphatic heterocycles. The smallest absolute Gasteiger partial charge is 0.234 e. The van der Waals surface area contributed by atoms with Crippen LogP contribution in [-0.4, -0.2) is 65.7 Å². The van der Waals surface area contributed by atoms with Crippen molar-refractivity contribution in [2.45, 2.75) is 70.4 Å². The Kier molecular flexibility index (Phi) is 7.60. The van der Waals surface area contributed by atoms with Crippen molar-refractivity contribution >= 4 is 5.91 Å². The number of likely N-dealkylation sites (N-methyl/N-ethyl adjacent to an activating group) is 1. The van der Waals surface area contributed by atoms with Crippen LogP contribution in [0.5, 0.6) is 5.75 Å². The van der Waals surface area contributed by atoms with Gasteiger partial charge in [0, 0.05) is 37.3 Å². The average Bonchev–Trinajstić information content (AvgIpc) is 3.19. The number of hydrogen-bond acceptors (Lipinski definition) is 5. The van der Waals surface area contributed by atoms with Crippen molar-refractivity contribution in [1.29, 1.82) is 0 Å². The van der Waals surface area contributed by atoms with E-state index in [9.17, 15) is 9.90 Å². The molecule has 2 N–H and O–H groups in total. The monoisotopic (exact) mass is 465 g/mol. The highest BCUT2D eigenvalue weighted by molar-refractivity contribution is 5.78. The van der Waals surface area contributed by atoms with E-state index in [1.54, 1.807) is 0 Å². The molecule has 0 bridgehead atoms. The number of benzene rings is 2. The highest BCUT2D eigenvalue weighted by Gasteiger charge is 2.41. The first-order valence-corrected chi connectivity index (χ1v) is 12.4. The zero-order valence-corrected chi connectivity index (χ0v) is 21.0. The zero-order chi connectivity index (χ0) is 24.3. The van der Waals surface area contributed by atoms with E-state index in [4.69, 9.17) is 4.74 Å². The maximum Gasteiger partial charge on any atom is 0.234 e. The number of hydrogen-bond donors (Lipinski definition) is 2. The molecule has 0 spiro atoms. The quantitative estimate of drug-likeness (QED) is 0.657. The molecule has 0 aromatic heterocycles. The zero-order valence-electron chi connectivity index (χ0n) is 21.0. The predicted octanol–water partition coefficient (Wildman–Crippen LogP) is 3.32. The van der Waals surface area contributed by atoms with Crippen molar-refractivity contribution in [2.24, 2.45) is 0 Å². The number of rotatable bonds is 7. The Labute approximate surface area is 203 Å². The minimum atomic E-state index is -0.474. The summed E-state index contributed by atoms with van der Waals surface area (Å²) in [5, 5.41) is 14.0. The van der Waals surface area contributed by atoms with Gasteiger partial charge in [0.25, 0.3) is 0 Å². The van der Waals surface area contributed by atoms with Crippen LogP contribution in [0.15, 0.2) is 48.5 Å². The standard InChI is InChI=1S/C28H39N3O3/c1-28(2,3)22-11-10-21(25(16-22)34-19-20-8-6-5-7-9-20)17-30(4)23-12-13-24(27(23)33)31-15-14-29-26(32)18-31/h5-11,16,23-24,27,33H,12-15,17-19H2,1-4H3,(H,29,32)/t23-,24-,27-/m1/s1. The van der Waals surface area contributed by atoms with E-state index < -0.39 is 6.10 Å². The number of ether oxygens (including phenoxy) is 1. The van der Waals surface area contributed by atoms with Crippen LogP contribution in [-0.2, 0) is 23.4 Å². The molecular weight excluding hydrogens is 426 g/mol. The molecule has 3 atom stereocenters. The minimum absolute atomic E-state index is 0.0326. The summed E-state index contributed by atoms with van der Waals surface area (Å²) in [5.74, 6) is 0.953. The Morgan fingerprint density at radius 3 is 2.62 bits per heavy atom. The molecule has 2 aromatic rings. The Morgan fingerprint density at radius 1 is 1.15 bits per heavy atom. The number of amides is 1. The van der Waals surface area contributed by atoms with Gasteiger partial charge in [-0.3, -0.25) is 14.6 Å². The van der Waals surface area contributed by atoms with E-state index in [2.05, 4.69) is 73.3 Å². The maximum atomic E-state index is 11.8. The number of nitrogens with zero attached hydrogens (tertiary/aromatic N) is 2. The largest absolute Gasteiger partial charge is 0.489 e. The summed E-state index contributed by atoms with van der Waals surface area (Å²) in [6.45, 7) is 9.70. The van der Waals surface area contributed by atoms with E-state index >= 15 is 0 Å². The second kappa shape index (κ2) is 10.5. The molecule has 1 heterocycles. The number of piperazine rings is 1. The molecule has 6 nitrogen and oxygen atoms in total. The molecule has 1 amide bonds. The number of aliphatic hydroxyl groups excluding tert-OH is 1. The number of carbonyl (C=O) groups is 1. The average molecular weight is 466 g/mol. The Morgan fingerprint density at radius 2 is 1.91 bits per heavy atom. The number of carbonyl (C=O) groups excluding carboxylic acids is 1. The Bertz CT molecular complexity index is 973. The van der Waals surface area contributed by atoms with Crippen molar-refractivity contribution in [1.82, 2.24) is 15.1 Å². The summed E-state index contributed by atoms with van der Waals surface area (Å²) in [7, 11) is 2.08. The lowest BCUT2D eigenvalue weighted by Crippen LogP contribution is -2.55. The van der Waals surface area contributed by atoms with E-state index in [0.29, 0.717) is 26.2 Å². The highest BCUT2D eigenvalue weighted by Crippen LogP contribution is 2.33. The molecule has 184 valence electrons. The van der Waals surface area contributed by atoms with Gasteiger partial charge in [0.05, 0.1) is 12.6 Å². The fourth-order valence-electron chi connectivity index (χ4n) is 5.17. The van der Waals surface area contributed by atoms with Crippen molar-refractivity contribution in [2.75, 3.05) is 26.7 Å². The van der Waals surface area contributed by atoms with Crippen LogP contribution >= 0.6 is 0 Å². The highest BCUT2D eigenvalue weighted by atomic mass is 16.5. The van der Waals surface area contributed by atoms with Crippen LogP contribution in [0.4, 0.5) is 0 Å². The molecular formula is C28H39N3O3. The fraction of sp³-hybridized carbons (Fsp3) is 0.536. The SMILES string of the molecule is CN(Cc1ccc(C(C)(C)C)cc1OCc1ccccc1)[C@@H]1CC[C@@H](N2CCNC(=O)C2)[C@@H]1O. The van der Waals surface area contributed by atoms with Gasteiger partial charge in [0.15, 0.2) is 0 Å². The van der Waals surface area contributed by atoms with Crippen LogP contribution in [0.3, 0.4) is 0 Å². The normalized spacial score (nSPS) is 23.8. The first-order valence-electron chi connectivity index (χ1n) is 12.4. The third kappa shape index (κ3) is 5.80. The molecule has 1 saturated carbocycles. The third-order valence-electron chi connectivity index (χ3n) is 7.24. The summed E-state index contributed by atoms with van der Waals surface area (Å²) in [5.41, 5.74) is 3.54. The molecule has 1 aliphatic carbocycles. The van der Waals surface area contributed by atoms with Crippen LogP contribution < -0.4 is 10.1 Å². The van der Waals surface area contributed by atoms with Gasteiger partial charge >= 0.3 is 0 Å². The summed E-state index contributed by atoms with van der Waals surface area (Å²) in [6.07, 6.45) is 1.35. The molecule has 2 aliphatic rings. The van der Waals surface area contributed by atoms with Crippen LogP contribution in [0.1, 0.15) is 50.3 Å². The summed E-state index contributed by atoms with van der Waals surface area (Å²) >= 11 is 0. The lowest BCUT2D eigenvalue weighted by Gasteiger charge is -2.36. The van der Waals surface area contributed by atoms with E-state index in [0.717, 1.165) is 36.3 Å². The predicted molar refractivity (Wildman–Crippen MR) is 135 cm³/mol.